The van der Waals surface area contributed by atoms with Crippen LogP contribution in [-0.4, -0.2) is 90.3 Å². The molecule has 0 aromatic carbocycles. The minimum absolute atomic E-state index is 0. The van der Waals surface area contributed by atoms with Crippen LogP contribution in [0.4, 0.5) is 0 Å². The molecule has 0 aliphatic rings. The van der Waals surface area contributed by atoms with Gasteiger partial charge in [-0.05, 0) is 23.7 Å². The summed E-state index contributed by atoms with van der Waals surface area (Å²) >= 11 is 0. The summed E-state index contributed by atoms with van der Waals surface area (Å²) in [5.41, 5.74) is -1.14. The van der Waals surface area contributed by atoms with Crippen molar-refractivity contribution in [1.29, 1.82) is 0 Å². The minimum Gasteiger partial charge on any atom is -0.395 e. The third kappa shape index (κ3) is 15.8. The second kappa shape index (κ2) is 12.2. The molecular weight excluding hydrogens is 416 g/mol. The fourth-order valence-corrected chi connectivity index (χ4v) is 1.77. The smallest absolute Gasteiger partial charge is 0.395 e. The Kier molecular flexibility index (Phi) is 14.9. The third-order valence-corrected chi connectivity index (χ3v) is 4.70. The van der Waals surface area contributed by atoms with Crippen LogP contribution in [0.2, 0.25) is 0 Å². The van der Waals surface area contributed by atoms with Crippen molar-refractivity contribution in [2.45, 2.75) is 106 Å². The van der Waals surface area contributed by atoms with Gasteiger partial charge < -0.3 is 34.3 Å². The summed E-state index contributed by atoms with van der Waals surface area (Å²) in [4.78, 5) is 0. The van der Waals surface area contributed by atoms with E-state index in [2.05, 4.69) is 13.8 Å². The van der Waals surface area contributed by atoms with Crippen molar-refractivity contribution in [3.63, 3.8) is 0 Å². The van der Waals surface area contributed by atoms with Gasteiger partial charge in [0, 0.05) is 12.2 Å². The molecule has 27 heavy (non-hydrogen) atoms. The number of hydrogen-bond acceptors (Lipinski definition) is 4. The van der Waals surface area contributed by atoms with E-state index < -0.39 is 35.2 Å². The van der Waals surface area contributed by atoms with Gasteiger partial charge in [0.2, 0.25) is 0 Å². The molecule has 0 saturated heterocycles. The summed E-state index contributed by atoms with van der Waals surface area (Å²) < 4.78 is 0. The maximum atomic E-state index is 9.73. The maximum absolute atomic E-state index is 9.73. The molecule has 0 aliphatic heterocycles. The first kappa shape index (κ1) is 33.0. The Morgan fingerprint density at radius 2 is 0.704 bits per heavy atom. The summed E-state index contributed by atoms with van der Waals surface area (Å²) in [5.74, 6) is 0. The molecule has 4 nitrogen and oxygen atoms in total. The third-order valence-electron chi connectivity index (χ3n) is 4.70. The molecule has 0 aromatic rings. The van der Waals surface area contributed by atoms with Gasteiger partial charge in [-0.15, -0.1) is 10.8 Å². The van der Waals surface area contributed by atoms with Crippen LogP contribution < -0.4 is 0 Å². The summed E-state index contributed by atoms with van der Waals surface area (Å²) in [6, 6.07) is 0. The first-order valence-corrected chi connectivity index (χ1v) is 9.53. The largest absolute Gasteiger partial charge is 2.00 e. The Labute approximate surface area is 206 Å². The molecule has 160 valence electrons. The average Bonchev–Trinajstić information content (AvgIpc) is 2.34. The van der Waals surface area contributed by atoms with Crippen LogP contribution in [0.15, 0.2) is 0 Å². The van der Waals surface area contributed by atoms with E-state index in [0.717, 1.165) is 0 Å². The van der Waals surface area contributed by atoms with E-state index in [1.165, 1.54) is 0 Å². The molecular formula is C22H46O4Sr. The van der Waals surface area contributed by atoms with Crippen LogP contribution in [0.25, 0.3) is 0 Å². The predicted molar refractivity (Wildman–Crippen MR) is 116 cm³/mol. The van der Waals surface area contributed by atoms with Crippen molar-refractivity contribution < 1.29 is 20.4 Å². The quantitative estimate of drug-likeness (QED) is 0.359. The van der Waals surface area contributed by atoms with Crippen molar-refractivity contribution in [2.24, 2.45) is 21.7 Å². The van der Waals surface area contributed by atoms with Crippen LogP contribution in [-0.2, 0) is 0 Å². The van der Waals surface area contributed by atoms with E-state index in [9.17, 15) is 20.4 Å². The molecule has 0 rings (SSSR count). The van der Waals surface area contributed by atoms with Crippen LogP contribution in [0.3, 0.4) is 0 Å². The second-order valence-electron chi connectivity index (χ2n) is 11.2. The van der Waals surface area contributed by atoms with Crippen molar-refractivity contribution in [3.8, 4) is 0 Å². The number of rotatable bonds is 6. The molecule has 5 heteroatoms. The second-order valence-corrected chi connectivity index (χ2v) is 11.2. The van der Waals surface area contributed by atoms with E-state index in [-0.39, 0.29) is 56.3 Å². The van der Waals surface area contributed by atoms with E-state index in [1.807, 2.05) is 69.2 Å². The van der Waals surface area contributed by atoms with Crippen molar-refractivity contribution in [1.82, 2.24) is 0 Å². The van der Waals surface area contributed by atoms with E-state index >= 15 is 0 Å². The number of aliphatic hydroxyl groups is 4. The van der Waals surface area contributed by atoms with Crippen molar-refractivity contribution in [2.75, 3.05) is 0 Å². The standard InChI is InChI=1S/2C11H23O2.Sr/c2*1-10(2,3)8(12)7-9(13)11(4,5)6;/h2*8-9,12-13H,1,7H2,2-6H3;/q2*-1;+2. The SMILES string of the molecule is [CH2-]C(C)(C)C(O)CC(O)C(C)(C)C.[CH2-]C(C)(C)C(O)CC(O)C(C)(C)C.[Sr+2]. The van der Waals surface area contributed by atoms with E-state index in [4.69, 9.17) is 0 Å². The monoisotopic (exact) mass is 462 g/mol. The molecule has 0 fully saturated rings. The molecule has 0 heterocycles. The van der Waals surface area contributed by atoms with Crippen LogP contribution in [0.1, 0.15) is 82.1 Å². The molecule has 4 N–H and O–H groups in total. The number of aliphatic hydroxyl groups excluding tert-OH is 4. The van der Waals surface area contributed by atoms with Gasteiger partial charge in [0.1, 0.15) is 0 Å². The minimum atomic E-state index is -0.554. The fourth-order valence-electron chi connectivity index (χ4n) is 1.77. The zero-order valence-corrected chi connectivity index (χ0v) is 23.1. The Balaban J connectivity index is -0.000000411. The van der Waals surface area contributed by atoms with Gasteiger partial charge in [0.25, 0.3) is 0 Å². The van der Waals surface area contributed by atoms with Gasteiger partial charge in [-0.1, -0.05) is 69.2 Å². The molecule has 0 radical (unpaired) electrons. The molecule has 4 atom stereocenters. The first-order valence-electron chi connectivity index (χ1n) is 9.53. The van der Waals surface area contributed by atoms with Gasteiger partial charge >= 0.3 is 45.5 Å². The summed E-state index contributed by atoms with van der Waals surface area (Å²) in [6.45, 7) is 26.9. The summed E-state index contributed by atoms with van der Waals surface area (Å²) in [6.07, 6.45) is -1.30. The van der Waals surface area contributed by atoms with Gasteiger partial charge in [0.15, 0.2) is 0 Å². The van der Waals surface area contributed by atoms with Crippen LogP contribution in [0, 0.1) is 35.5 Å². The van der Waals surface area contributed by atoms with Gasteiger partial charge in [-0.2, -0.15) is 0 Å². The van der Waals surface area contributed by atoms with Gasteiger partial charge in [-0.3, -0.25) is 0 Å². The van der Waals surface area contributed by atoms with E-state index in [0.29, 0.717) is 12.8 Å². The Hall–Kier alpha value is 1.32. The normalized spacial score (nSPS) is 17.8. The zero-order valence-electron chi connectivity index (χ0n) is 19.6. The molecule has 0 bridgehead atoms. The van der Waals surface area contributed by atoms with E-state index in [1.54, 1.807) is 0 Å². The number of hydrogen-bond donors (Lipinski definition) is 4. The molecule has 0 amide bonds. The Morgan fingerprint density at radius 3 is 0.815 bits per heavy atom. The summed E-state index contributed by atoms with van der Waals surface area (Å²) in [7, 11) is 0. The Morgan fingerprint density at radius 1 is 0.519 bits per heavy atom. The van der Waals surface area contributed by atoms with Crippen molar-refractivity contribution >= 4 is 45.5 Å². The first-order chi connectivity index (χ1) is 11.1. The molecule has 0 saturated carbocycles. The van der Waals surface area contributed by atoms with Crippen molar-refractivity contribution in [3.05, 3.63) is 13.8 Å². The average molecular weight is 462 g/mol. The maximum Gasteiger partial charge on any atom is 2.00 e. The molecule has 0 aliphatic carbocycles. The molecule has 4 unspecified atom stereocenters. The van der Waals surface area contributed by atoms with Crippen LogP contribution >= 0.6 is 0 Å². The fraction of sp³-hybridized carbons (Fsp3) is 0.909. The molecule has 0 spiro atoms. The summed E-state index contributed by atoms with van der Waals surface area (Å²) in [5, 5.41) is 38.9. The predicted octanol–water partition coefficient (Wildman–Crippen LogP) is 3.63. The van der Waals surface area contributed by atoms with Gasteiger partial charge in [0.05, 0.1) is 12.2 Å². The van der Waals surface area contributed by atoms with Gasteiger partial charge in [-0.25, -0.2) is 0 Å². The topological polar surface area (TPSA) is 80.9 Å². The van der Waals surface area contributed by atoms with Crippen LogP contribution in [0.5, 0.6) is 0 Å². The zero-order chi connectivity index (χ0) is 21.7. The Bertz CT molecular complexity index is 309. The molecule has 0 aromatic heterocycles.